The van der Waals surface area contributed by atoms with Gasteiger partial charge in [0.2, 0.25) is 0 Å². The first-order chi connectivity index (χ1) is 7.65. The van der Waals surface area contributed by atoms with Gasteiger partial charge in [-0.25, -0.2) is 18.0 Å². The molecule has 1 unspecified atom stereocenters. The van der Waals surface area contributed by atoms with Crippen molar-refractivity contribution in [2.75, 3.05) is 12.0 Å². The van der Waals surface area contributed by atoms with E-state index < -0.39 is 33.9 Å². The molecule has 0 rings (SSSR count). The Morgan fingerprint density at radius 3 is 2.18 bits per heavy atom. The summed E-state index contributed by atoms with van der Waals surface area (Å²) in [5.41, 5.74) is 0. The van der Waals surface area contributed by atoms with Gasteiger partial charge in [-0.3, -0.25) is 0 Å². The second kappa shape index (κ2) is 6.43. The molecule has 8 heteroatoms. The van der Waals surface area contributed by atoms with Gasteiger partial charge in [-0.05, 0) is 13.3 Å². The van der Waals surface area contributed by atoms with Gasteiger partial charge in [0.25, 0.3) is 0 Å². The number of hydrogen-bond acceptors (Lipinski definition) is 4. The summed E-state index contributed by atoms with van der Waals surface area (Å²) in [5, 5.41) is 13.3. The number of carbonyl (C=O) groups excluding carboxylic acids is 1. The Labute approximate surface area is 101 Å². The predicted molar refractivity (Wildman–Crippen MR) is 62.6 cm³/mol. The molecule has 0 aromatic heterocycles. The number of sulfone groups is 1. The molecule has 2 atom stereocenters. The van der Waals surface area contributed by atoms with Gasteiger partial charge in [-0.2, -0.15) is 0 Å². The lowest BCUT2D eigenvalue weighted by Crippen LogP contribution is -2.49. The van der Waals surface area contributed by atoms with Crippen LogP contribution in [0.25, 0.3) is 0 Å². The number of amides is 2. The van der Waals surface area contributed by atoms with Crippen LogP contribution in [0.2, 0.25) is 0 Å². The van der Waals surface area contributed by atoms with Crippen LogP contribution >= 0.6 is 0 Å². The Balaban J connectivity index is 4.22. The van der Waals surface area contributed by atoms with Crippen molar-refractivity contribution in [1.82, 2.24) is 10.6 Å². The molecule has 0 saturated heterocycles. The first kappa shape index (κ1) is 15.7. The van der Waals surface area contributed by atoms with Gasteiger partial charge in [0.05, 0.1) is 5.75 Å². The molecule has 0 aromatic carbocycles. The monoisotopic (exact) mass is 266 g/mol. The topological polar surface area (TPSA) is 113 Å². The second-order valence-corrected chi connectivity index (χ2v) is 6.10. The molecule has 0 saturated carbocycles. The second-order valence-electron chi connectivity index (χ2n) is 3.91. The summed E-state index contributed by atoms with van der Waals surface area (Å²) in [6, 6.07) is -2.23. The van der Waals surface area contributed by atoms with Crippen molar-refractivity contribution in [3.63, 3.8) is 0 Å². The number of carboxylic acid groups (broad SMARTS) is 1. The van der Waals surface area contributed by atoms with Gasteiger partial charge in [0.15, 0.2) is 0 Å². The fourth-order valence-electron chi connectivity index (χ4n) is 1.26. The quantitative estimate of drug-likeness (QED) is 0.604. The predicted octanol–water partition coefficient (Wildman–Crippen LogP) is -0.418. The van der Waals surface area contributed by atoms with Crippen molar-refractivity contribution in [2.24, 2.45) is 0 Å². The molecule has 17 heavy (non-hydrogen) atoms. The number of carboxylic acids is 1. The standard InChI is InChI=1S/C9H18N2O5S/c1-4-7(8(12)13)11-9(14)10-6(2)5-17(3,15)16/h6-7H,4-5H2,1-3H3,(H,12,13)(H2,10,11,14)/t6?,7-/m0/s1. The van der Waals surface area contributed by atoms with Crippen molar-refractivity contribution in [2.45, 2.75) is 32.4 Å². The summed E-state index contributed by atoms with van der Waals surface area (Å²) in [6.45, 7) is 3.15. The first-order valence-corrected chi connectivity index (χ1v) is 7.19. The third kappa shape index (κ3) is 7.56. The molecule has 100 valence electrons. The summed E-state index contributed by atoms with van der Waals surface area (Å²) < 4.78 is 21.9. The Morgan fingerprint density at radius 2 is 1.82 bits per heavy atom. The van der Waals surface area contributed by atoms with E-state index in [9.17, 15) is 18.0 Å². The Hall–Kier alpha value is -1.31. The van der Waals surface area contributed by atoms with Crippen LogP contribution < -0.4 is 10.6 Å². The summed E-state index contributed by atoms with van der Waals surface area (Å²) in [7, 11) is -3.18. The fraction of sp³-hybridized carbons (Fsp3) is 0.778. The van der Waals surface area contributed by atoms with E-state index in [4.69, 9.17) is 5.11 Å². The van der Waals surface area contributed by atoms with Gasteiger partial charge in [-0.1, -0.05) is 6.92 Å². The minimum atomic E-state index is -3.18. The van der Waals surface area contributed by atoms with Gasteiger partial charge >= 0.3 is 12.0 Å². The molecular formula is C9H18N2O5S. The third-order valence-electron chi connectivity index (χ3n) is 1.94. The van der Waals surface area contributed by atoms with E-state index >= 15 is 0 Å². The van der Waals surface area contributed by atoms with Crippen LogP contribution in [-0.2, 0) is 14.6 Å². The van der Waals surface area contributed by atoms with Crippen LogP contribution in [-0.4, -0.2) is 49.6 Å². The van der Waals surface area contributed by atoms with E-state index in [-0.39, 0.29) is 12.2 Å². The number of carbonyl (C=O) groups is 2. The van der Waals surface area contributed by atoms with E-state index in [1.807, 2.05) is 0 Å². The van der Waals surface area contributed by atoms with Crippen molar-refractivity contribution in [1.29, 1.82) is 0 Å². The molecular weight excluding hydrogens is 248 g/mol. The molecule has 0 aromatic rings. The lowest BCUT2D eigenvalue weighted by molar-refractivity contribution is -0.139. The van der Waals surface area contributed by atoms with Crippen molar-refractivity contribution >= 4 is 21.8 Å². The summed E-state index contributed by atoms with van der Waals surface area (Å²) in [5.74, 6) is -1.32. The van der Waals surface area contributed by atoms with Crippen molar-refractivity contribution in [3.8, 4) is 0 Å². The van der Waals surface area contributed by atoms with Crippen LogP contribution in [0.5, 0.6) is 0 Å². The van der Waals surface area contributed by atoms with Crippen molar-refractivity contribution < 1.29 is 23.1 Å². The highest BCUT2D eigenvalue weighted by atomic mass is 32.2. The summed E-state index contributed by atoms with van der Waals surface area (Å²) in [6.07, 6.45) is 1.32. The smallest absolute Gasteiger partial charge is 0.326 e. The molecule has 0 aliphatic rings. The van der Waals surface area contributed by atoms with Crippen LogP contribution in [0.4, 0.5) is 4.79 Å². The van der Waals surface area contributed by atoms with E-state index in [0.717, 1.165) is 6.26 Å². The number of nitrogens with one attached hydrogen (secondary N) is 2. The minimum absolute atomic E-state index is 0.190. The van der Waals surface area contributed by atoms with Crippen LogP contribution in [0.15, 0.2) is 0 Å². The average molecular weight is 266 g/mol. The molecule has 0 heterocycles. The maximum absolute atomic E-state index is 11.3. The number of hydrogen-bond donors (Lipinski definition) is 3. The zero-order chi connectivity index (χ0) is 13.6. The summed E-state index contributed by atoms with van der Waals surface area (Å²) >= 11 is 0. The number of aliphatic carboxylic acids is 1. The maximum Gasteiger partial charge on any atom is 0.326 e. The normalized spacial score (nSPS) is 14.8. The Bertz CT molecular complexity index is 379. The van der Waals surface area contributed by atoms with Crippen LogP contribution in [0.3, 0.4) is 0 Å². The molecule has 0 bridgehead atoms. The highest BCUT2D eigenvalue weighted by Crippen LogP contribution is 1.93. The molecule has 2 amide bonds. The first-order valence-electron chi connectivity index (χ1n) is 5.13. The lowest BCUT2D eigenvalue weighted by Gasteiger charge is -2.16. The number of urea groups is 1. The Kier molecular flexibility index (Phi) is 5.94. The molecule has 0 radical (unpaired) electrons. The SMILES string of the molecule is CC[C@H](NC(=O)NC(C)CS(C)(=O)=O)C(=O)O. The zero-order valence-corrected chi connectivity index (χ0v) is 10.9. The third-order valence-corrected chi connectivity index (χ3v) is 3.05. The Morgan fingerprint density at radius 1 is 1.29 bits per heavy atom. The molecule has 0 aliphatic heterocycles. The van der Waals surface area contributed by atoms with Gasteiger partial charge in [0.1, 0.15) is 15.9 Å². The molecule has 0 aliphatic carbocycles. The van der Waals surface area contributed by atoms with Gasteiger partial charge in [-0.15, -0.1) is 0 Å². The fourth-order valence-corrected chi connectivity index (χ4v) is 2.25. The zero-order valence-electron chi connectivity index (χ0n) is 10.1. The van der Waals surface area contributed by atoms with E-state index in [1.165, 1.54) is 6.92 Å². The minimum Gasteiger partial charge on any atom is -0.480 e. The molecule has 0 fully saturated rings. The molecule has 7 nitrogen and oxygen atoms in total. The summed E-state index contributed by atoms with van der Waals surface area (Å²) in [4.78, 5) is 22.0. The largest absolute Gasteiger partial charge is 0.480 e. The van der Waals surface area contributed by atoms with Gasteiger partial charge in [0, 0.05) is 12.3 Å². The van der Waals surface area contributed by atoms with Crippen molar-refractivity contribution in [3.05, 3.63) is 0 Å². The van der Waals surface area contributed by atoms with E-state index in [2.05, 4.69) is 10.6 Å². The molecule has 3 N–H and O–H groups in total. The van der Waals surface area contributed by atoms with Crippen LogP contribution in [0, 0.1) is 0 Å². The average Bonchev–Trinajstić information content (AvgIpc) is 2.09. The van der Waals surface area contributed by atoms with E-state index in [1.54, 1.807) is 6.92 Å². The number of rotatable bonds is 6. The maximum atomic E-state index is 11.3. The van der Waals surface area contributed by atoms with Crippen LogP contribution in [0.1, 0.15) is 20.3 Å². The highest BCUT2D eigenvalue weighted by molar-refractivity contribution is 7.90. The van der Waals surface area contributed by atoms with Gasteiger partial charge < -0.3 is 15.7 Å². The molecule has 0 spiro atoms. The lowest BCUT2D eigenvalue weighted by atomic mass is 10.2. The van der Waals surface area contributed by atoms with E-state index in [0.29, 0.717) is 0 Å². The highest BCUT2D eigenvalue weighted by Gasteiger charge is 2.19.